The molecule has 16 heavy (non-hydrogen) atoms. The highest BCUT2D eigenvalue weighted by atomic mass is 16.2. The highest BCUT2D eigenvalue weighted by Gasteiger charge is 2.22. The highest BCUT2D eigenvalue weighted by molar-refractivity contribution is 6.34. The molecule has 3 N–H and O–H groups in total. The lowest BCUT2D eigenvalue weighted by molar-refractivity contribution is -0.137. The largest absolute Gasteiger partial charge is 0.361 e. The summed E-state index contributed by atoms with van der Waals surface area (Å²) >= 11 is 0. The van der Waals surface area contributed by atoms with Gasteiger partial charge in [-0.25, -0.2) is 0 Å². The maximum Gasteiger partial charge on any atom is 0.309 e. The minimum Gasteiger partial charge on any atom is -0.361 e. The first-order chi connectivity index (χ1) is 7.43. The van der Waals surface area contributed by atoms with E-state index in [1.807, 2.05) is 44.2 Å². The second-order valence-electron chi connectivity index (χ2n) is 4.30. The fourth-order valence-electron chi connectivity index (χ4n) is 1.38. The Bertz CT molecular complexity index is 385. The topological polar surface area (TPSA) is 72.2 Å². The van der Waals surface area contributed by atoms with Gasteiger partial charge in [-0.05, 0) is 5.56 Å². The van der Waals surface area contributed by atoms with Gasteiger partial charge in [0.15, 0.2) is 0 Å². The summed E-state index contributed by atoms with van der Waals surface area (Å²) in [6.45, 7) is 4.35. The molecule has 2 amide bonds. The Labute approximate surface area is 94.8 Å². The van der Waals surface area contributed by atoms with Crippen LogP contribution in [-0.4, -0.2) is 18.4 Å². The monoisotopic (exact) mass is 220 g/mol. The Hall–Kier alpha value is -1.84. The molecule has 0 aliphatic heterocycles. The number of hydrogen-bond donors (Lipinski definition) is 2. The lowest BCUT2D eigenvalue weighted by atomic mass is 9.84. The molecular weight excluding hydrogens is 204 g/mol. The van der Waals surface area contributed by atoms with Gasteiger partial charge in [0.05, 0.1) is 0 Å². The van der Waals surface area contributed by atoms with Gasteiger partial charge >= 0.3 is 11.8 Å². The van der Waals surface area contributed by atoms with E-state index in [0.717, 1.165) is 5.56 Å². The average Bonchev–Trinajstić information content (AvgIpc) is 2.27. The average molecular weight is 220 g/mol. The Balaban J connectivity index is 2.66. The smallest absolute Gasteiger partial charge is 0.309 e. The first-order valence-corrected chi connectivity index (χ1v) is 5.06. The zero-order chi connectivity index (χ0) is 12.2. The van der Waals surface area contributed by atoms with Gasteiger partial charge in [-0.3, -0.25) is 9.59 Å². The van der Waals surface area contributed by atoms with Crippen molar-refractivity contribution in [3.05, 3.63) is 35.9 Å². The molecule has 0 bridgehead atoms. The minimum atomic E-state index is -0.955. The first-order valence-electron chi connectivity index (χ1n) is 5.06. The maximum absolute atomic E-state index is 11.0. The van der Waals surface area contributed by atoms with Crippen LogP contribution in [0.25, 0.3) is 0 Å². The molecule has 4 nitrogen and oxygen atoms in total. The first kappa shape index (κ1) is 12.2. The predicted octanol–water partition coefficient (Wildman–Crippen LogP) is 0.566. The lowest BCUT2D eigenvalue weighted by Crippen LogP contribution is -2.42. The summed E-state index contributed by atoms with van der Waals surface area (Å²) in [7, 11) is 0. The van der Waals surface area contributed by atoms with E-state index in [2.05, 4.69) is 5.32 Å². The van der Waals surface area contributed by atoms with E-state index < -0.39 is 11.8 Å². The second-order valence-corrected chi connectivity index (χ2v) is 4.30. The summed E-state index contributed by atoms with van der Waals surface area (Å²) in [6, 6.07) is 9.77. The summed E-state index contributed by atoms with van der Waals surface area (Å²) in [6.07, 6.45) is 0. The number of hydrogen-bond acceptors (Lipinski definition) is 2. The third kappa shape index (κ3) is 3.08. The van der Waals surface area contributed by atoms with Crippen LogP contribution >= 0.6 is 0 Å². The van der Waals surface area contributed by atoms with E-state index >= 15 is 0 Å². The molecule has 0 aromatic heterocycles. The summed E-state index contributed by atoms with van der Waals surface area (Å²) in [4.78, 5) is 21.6. The van der Waals surface area contributed by atoms with Gasteiger partial charge in [0.2, 0.25) is 0 Å². The van der Waals surface area contributed by atoms with Crippen molar-refractivity contribution in [1.82, 2.24) is 5.32 Å². The van der Waals surface area contributed by atoms with Crippen LogP contribution < -0.4 is 11.1 Å². The van der Waals surface area contributed by atoms with E-state index in [0.29, 0.717) is 6.54 Å². The van der Waals surface area contributed by atoms with Gasteiger partial charge in [-0.15, -0.1) is 0 Å². The molecular formula is C12H16N2O2. The summed E-state index contributed by atoms with van der Waals surface area (Å²) in [5, 5.41) is 2.51. The Kier molecular flexibility index (Phi) is 3.66. The normalized spacial score (nSPS) is 10.9. The molecule has 86 valence electrons. The lowest BCUT2D eigenvalue weighted by Gasteiger charge is -2.25. The van der Waals surface area contributed by atoms with E-state index in [-0.39, 0.29) is 5.41 Å². The molecule has 0 atom stereocenters. The highest BCUT2D eigenvalue weighted by Crippen LogP contribution is 2.21. The van der Waals surface area contributed by atoms with E-state index in [4.69, 9.17) is 5.73 Å². The van der Waals surface area contributed by atoms with E-state index in [1.54, 1.807) is 0 Å². The van der Waals surface area contributed by atoms with Crippen LogP contribution in [0.5, 0.6) is 0 Å². The number of nitrogens with one attached hydrogen (secondary N) is 1. The van der Waals surface area contributed by atoms with Crippen molar-refractivity contribution in [2.24, 2.45) is 5.73 Å². The van der Waals surface area contributed by atoms with Crippen LogP contribution in [-0.2, 0) is 15.0 Å². The fourth-order valence-corrected chi connectivity index (χ4v) is 1.38. The zero-order valence-corrected chi connectivity index (χ0v) is 9.49. The fraction of sp³-hybridized carbons (Fsp3) is 0.333. The van der Waals surface area contributed by atoms with Crippen LogP contribution in [0.4, 0.5) is 0 Å². The molecule has 0 saturated carbocycles. The predicted molar refractivity (Wildman–Crippen MR) is 61.7 cm³/mol. The molecule has 0 aliphatic carbocycles. The van der Waals surface area contributed by atoms with Gasteiger partial charge in [0.1, 0.15) is 0 Å². The number of rotatable bonds is 3. The van der Waals surface area contributed by atoms with Gasteiger partial charge < -0.3 is 11.1 Å². The Morgan fingerprint density at radius 3 is 2.31 bits per heavy atom. The van der Waals surface area contributed by atoms with Crippen molar-refractivity contribution in [1.29, 1.82) is 0 Å². The van der Waals surface area contributed by atoms with Crippen molar-refractivity contribution in [2.75, 3.05) is 6.54 Å². The van der Waals surface area contributed by atoms with Gasteiger partial charge in [-0.2, -0.15) is 0 Å². The minimum absolute atomic E-state index is 0.230. The van der Waals surface area contributed by atoms with Gasteiger partial charge in [0, 0.05) is 12.0 Å². The van der Waals surface area contributed by atoms with Crippen molar-refractivity contribution in [3.63, 3.8) is 0 Å². The third-order valence-electron chi connectivity index (χ3n) is 2.47. The molecule has 0 fully saturated rings. The molecule has 4 heteroatoms. The van der Waals surface area contributed by atoms with Gasteiger partial charge in [-0.1, -0.05) is 44.2 Å². The number of benzene rings is 1. The number of nitrogens with two attached hydrogens (primary N) is 1. The number of carbonyl (C=O) groups is 2. The van der Waals surface area contributed by atoms with Crippen molar-refractivity contribution in [2.45, 2.75) is 19.3 Å². The van der Waals surface area contributed by atoms with Crippen molar-refractivity contribution in [3.8, 4) is 0 Å². The van der Waals surface area contributed by atoms with E-state index in [1.165, 1.54) is 0 Å². The molecule has 1 rings (SSSR count). The standard InChI is InChI=1S/C12H16N2O2/c1-12(2,8-14-11(16)10(13)15)9-6-4-3-5-7-9/h3-7H,8H2,1-2H3,(H2,13,15)(H,14,16). The van der Waals surface area contributed by atoms with E-state index in [9.17, 15) is 9.59 Å². The number of amides is 2. The summed E-state index contributed by atoms with van der Waals surface area (Å²) in [5.74, 6) is -1.70. The quantitative estimate of drug-likeness (QED) is 0.731. The second kappa shape index (κ2) is 4.79. The maximum atomic E-state index is 11.0. The molecule has 0 heterocycles. The van der Waals surface area contributed by atoms with Gasteiger partial charge in [0.25, 0.3) is 0 Å². The Morgan fingerprint density at radius 2 is 1.81 bits per heavy atom. The van der Waals surface area contributed by atoms with Crippen LogP contribution in [0.1, 0.15) is 19.4 Å². The molecule has 0 unspecified atom stereocenters. The van der Waals surface area contributed by atoms with Crippen LogP contribution in [0.2, 0.25) is 0 Å². The molecule has 1 aromatic rings. The zero-order valence-electron chi connectivity index (χ0n) is 9.49. The SMILES string of the molecule is CC(C)(CNC(=O)C(N)=O)c1ccccc1. The van der Waals surface area contributed by atoms with Crippen molar-refractivity contribution < 1.29 is 9.59 Å². The van der Waals surface area contributed by atoms with Crippen molar-refractivity contribution >= 4 is 11.8 Å². The molecule has 0 aliphatic rings. The number of primary amides is 1. The van der Waals surface area contributed by atoms with Crippen LogP contribution in [0.3, 0.4) is 0 Å². The molecule has 0 radical (unpaired) electrons. The van der Waals surface area contributed by atoms with Crippen LogP contribution in [0.15, 0.2) is 30.3 Å². The molecule has 0 spiro atoms. The molecule has 0 saturated heterocycles. The number of carbonyl (C=O) groups excluding carboxylic acids is 2. The third-order valence-corrected chi connectivity index (χ3v) is 2.47. The van der Waals surface area contributed by atoms with Crippen LogP contribution in [0, 0.1) is 0 Å². The molecule has 1 aromatic carbocycles. The summed E-state index contributed by atoms with van der Waals surface area (Å²) < 4.78 is 0. The summed E-state index contributed by atoms with van der Waals surface area (Å²) in [5.41, 5.74) is 5.72. The Morgan fingerprint density at radius 1 is 1.25 bits per heavy atom.